The largest absolute Gasteiger partial charge is 0.341 e. The van der Waals surface area contributed by atoms with Gasteiger partial charge in [0.2, 0.25) is 0 Å². The molecule has 4 heteroatoms. The van der Waals surface area contributed by atoms with Crippen LogP contribution in [0.3, 0.4) is 0 Å². The molecule has 0 bridgehead atoms. The minimum absolute atomic E-state index is 0.877. The predicted molar refractivity (Wildman–Crippen MR) is 249 cm³/mol. The Hall–Kier alpha value is -7.30. The summed E-state index contributed by atoms with van der Waals surface area (Å²) in [5.41, 5.74) is 14.2. The van der Waals surface area contributed by atoms with Gasteiger partial charge in [0.05, 0.1) is 11.0 Å². The maximum Gasteiger partial charge on any atom is 0.0512 e. The lowest BCUT2D eigenvalue weighted by Crippen LogP contribution is -2.09. The first-order chi connectivity index (χ1) is 28.7. The number of aryl methyl sites for hydroxylation is 2. The first-order valence-corrected chi connectivity index (χ1v) is 20.3. The van der Waals surface area contributed by atoms with E-state index in [1.165, 1.54) is 54.7 Å². The second-order valence-corrected chi connectivity index (χ2v) is 14.8. The van der Waals surface area contributed by atoms with Gasteiger partial charge >= 0.3 is 0 Å². The van der Waals surface area contributed by atoms with Gasteiger partial charge in [-0.1, -0.05) is 121 Å². The van der Waals surface area contributed by atoms with Crippen molar-refractivity contribution in [1.82, 2.24) is 9.13 Å². The summed E-state index contributed by atoms with van der Waals surface area (Å²) < 4.78 is 4.91. The third-order valence-electron chi connectivity index (χ3n) is 11.4. The van der Waals surface area contributed by atoms with E-state index in [4.69, 9.17) is 0 Å². The Morgan fingerprint density at radius 1 is 0.328 bits per heavy atom. The third-order valence-corrected chi connectivity index (χ3v) is 11.4. The molecule has 0 aliphatic carbocycles. The van der Waals surface area contributed by atoms with Crippen LogP contribution in [-0.2, 0) is 13.1 Å². The van der Waals surface area contributed by atoms with Gasteiger partial charge in [-0.05, 0) is 110 Å². The van der Waals surface area contributed by atoms with Crippen molar-refractivity contribution in [1.29, 1.82) is 0 Å². The van der Waals surface area contributed by atoms with E-state index in [2.05, 4.69) is 239 Å². The quantitative estimate of drug-likeness (QED) is 0.130. The summed E-state index contributed by atoms with van der Waals surface area (Å²) >= 11 is 0. The van der Waals surface area contributed by atoms with Gasteiger partial charge in [-0.3, -0.25) is 0 Å². The number of para-hydroxylation sites is 4. The van der Waals surface area contributed by atoms with E-state index >= 15 is 0 Å². The summed E-state index contributed by atoms with van der Waals surface area (Å²) in [6.45, 7) is 6.24. The highest BCUT2D eigenvalue weighted by molar-refractivity contribution is 6.11. The number of fused-ring (bicyclic) bond motifs is 6. The molecule has 2 heterocycles. The molecule has 280 valence electrons. The van der Waals surface area contributed by atoms with Crippen LogP contribution in [0.1, 0.15) is 25.0 Å². The minimum Gasteiger partial charge on any atom is -0.341 e. The summed E-state index contributed by atoms with van der Waals surface area (Å²) in [5.74, 6) is 0. The van der Waals surface area contributed by atoms with E-state index in [1.807, 2.05) is 0 Å². The van der Waals surface area contributed by atoms with Crippen molar-refractivity contribution in [3.05, 3.63) is 205 Å². The smallest absolute Gasteiger partial charge is 0.0512 e. The molecular weight excluding hydrogens is 705 g/mol. The molecule has 0 aliphatic rings. The molecule has 0 spiro atoms. The van der Waals surface area contributed by atoms with E-state index in [9.17, 15) is 0 Å². The van der Waals surface area contributed by atoms with Crippen LogP contribution in [0.4, 0.5) is 34.1 Å². The molecule has 0 unspecified atom stereocenters. The fourth-order valence-corrected chi connectivity index (χ4v) is 8.76. The van der Waals surface area contributed by atoms with Crippen LogP contribution in [0, 0.1) is 0 Å². The first kappa shape index (κ1) is 35.1. The van der Waals surface area contributed by atoms with E-state index in [0.717, 1.165) is 47.2 Å². The van der Waals surface area contributed by atoms with Gasteiger partial charge in [0.25, 0.3) is 0 Å². The lowest BCUT2D eigenvalue weighted by Gasteiger charge is -2.25. The maximum atomic E-state index is 2.45. The Balaban J connectivity index is 1.01. The molecule has 0 fully saturated rings. The van der Waals surface area contributed by atoms with E-state index in [1.54, 1.807) is 0 Å². The van der Waals surface area contributed by atoms with Crippen LogP contribution in [0.25, 0.3) is 55.8 Å². The molecule has 0 radical (unpaired) electrons. The lowest BCUT2D eigenvalue weighted by atomic mass is 10.1. The monoisotopic (exact) mass is 748 g/mol. The average molecular weight is 749 g/mol. The number of rotatable bonds is 10. The molecule has 8 aromatic carbocycles. The molecule has 0 N–H and O–H groups in total. The summed E-state index contributed by atoms with van der Waals surface area (Å²) in [6, 6.07) is 70.1. The van der Waals surface area contributed by atoms with Crippen molar-refractivity contribution >= 4 is 89.9 Å². The zero-order valence-electron chi connectivity index (χ0n) is 32.8. The van der Waals surface area contributed by atoms with Crippen molar-refractivity contribution in [3.63, 3.8) is 0 Å². The second-order valence-electron chi connectivity index (χ2n) is 14.8. The first-order valence-electron chi connectivity index (χ1n) is 20.3. The number of hydrogen-bond donors (Lipinski definition) is 0. The van der Waals surface area contributed by atoms with Crippen LogP contribution in [0.5, 0.6) is 0 Å². The fourth-order valence-electron chi connectivity index (χ4n) is 8.76. The molecule has 0 atom stereocenters. The number of anilines is 6. The maximum absolute atomic E-state index is 2.45. The number of hydrogen-bond acceptors (Lipinski definition) is 2. The van der Waals surface area contributed by atoms with Gasteiger partial charge in [0, 0.05) is 79.8 Å². The van der Waals surface area contributed by atoms with Crippen LogP contribution >= 0.6 is 0 Å². The third kappa shape index (κ3) is 6.20. The second kappa shape index (κ2) is 15.0. The van der Waals surface area contributed by atoms with Crippen molar-refractivity contribution < 1.29 is 0 Å². The van der Waals surface area contributed by atoms with Crippen molar-refractivity contribution in [2.24, 2.45) is 0 Å². The molecule has 0 amide bonds. The Morgan fingerprint density at radius 2 is 0.621 bits per heavy atom. The summed E-state index contributed by atoms with van der Waals surface area (Å²) in [7, 11) is 0. The van der Waals surface area contributed by atoms with Crippen molar-refractivity contribution in [2.45, 2.75) is 26.9 Å². The Labute approximate surface area is 339 Å². The van der Waals surface area contributed by atoms with Gasteiger partial charge in [-0.2, -0.15) is 0 Å². The molecule has 10 rings (SSSR count). The fraction of sp³-hybridized carbons (Fsp3) is 0.0741. The molecule has 2 aromatic heterocycles. The van der Waals surface area contributed by atoms with Gasteiger partial charge in [-0.15, -0.1) is 0 Å². The standard InChI is InChI=1S/C54H44N4/c1-3-55-51-35-39(27-31-47(51)49-33-29-45(37-53(49)55)57(41-17-9-5-10-18-41)42-19-11-6-12-20-42)25-26-40-28-32-48-50-34-30-46(38-54(50)56(4-2)52(48)36-40)58(43-21-13-7-14-22-43)44-23-15-8-16-24-44/h5-38H,3-4H2,1-2H3. The molecule has 0 saturated carbocycles. The molecule has 4 nitrogen and oxygen atoms in total. The van der Waals surface area contributed by atoms with Crippen molar-refractivity contribution in [2.75, 3.05) is 9.80 Å². The zero-order valence-corrected chi connectivity index (χ0v) is 32.8. The molecule has 0 saturated heterocycles. The Bertz CT molecular complexity index is 2780. The molecule has 10 aromatic rings. The minimum atomic E-state index is 0.877. The number of aromatic nitrogens is 2. The summed E-state index contributed by atoms with van der Waals surface area (Å²) in [5, 5.41) is 5.10. The Morgan fingerprint density at radius 3 is 0.931 bits per heavy atom. The van der Waals surface area contributed by atoms with Gasteiger partial charge in [-0.25, -0.2) is 0 Å². The van der Waals surface area contributed by atoms with E-state index < -0.39 is 0 Å². The highest BCUT2D eigenvalue weighted by Gasteiger charge is 2.18. The topological polar surface area (TPSA) is 16.3 Å². The van der Waals surface area contributed by atoms with Crippen LogP contribution in [0.15, 0.2) is 194 Å². The molecule has 58 heavy (non-hydrogen) atoms. The van der Waals surface area contributed by atoms with Gasteiger partial charge in [0.1, 0.15) is 0 Å². The highest BCUT2D eigenvalue weighted by atomic mass is 15.1. The summed E-state index contributed by atoms with van der Waals surface area (Å²) in [6.07, 6.45) is 4.51. The molecular formula is C54H44N4. The summed E-state index contributed by atoms with van der Waals surface area (Å²) in [4.78, 5) is 4.67. The number of benzene rings is 8. The van der Waals surface area contributed by atoms with Gasteiger partial charge in [0.15, 0.2) is 0 Å². The van der Waals surface area contributed by atoms with Crippen LogP contribution < -0.4 is 9.80 Å². The van der Waals surface area contributed by atoms with Crippen LogP contribution in [0.2, 0.25) is 0 Å². The SMILES string of the molecule is CCn1c2cc(C=Cc3ccc4c5ccc(N(c6ccccc6)c6ccccc6)cc5n(CC)c4c3)ccc2c2ccc(N(c3ccccc3)c3ccccc3)cc21. The van der Waals surface area contributed by atoms with Crippen LogP contribution in [-0.4, -0.2) is 9.13 Å². The normalized spacial score (nSPS) is 11.7. The highest BCUT2D eigenvalue weighted by Crippen LogP contribution is 2.40. The van der Waals surface area contributed by atoms with E-state index in [-0.39, 0.29) is 0 Å². The van der Waals surface area contributed by atoms with Crippen molar-refractivity contribution in [3.8, 4) is 0 Å². The average Bonchev–Trinajstić information content (AvgIpc) is 3.77. The van der Waals surface area contributed by atoms with Gasteiger partial charge < -0.3 is 18.9 Å². The predicted octanol–water partition coefficient (Wildman–Crippen LogP) is 15.1. The Kier molecular flexibility index (Phi) is 9.08. The molecule has 0 aliphatic heterocycles. The lowest BCUT2D eigenvalue weighted by molar-refractivity contribution is 0.827. The van der Waals surface area contributed by atoms with E-state index in [0.29, 0.717) is 0 Å². The number of nitrogens with zero attached hydrogens (tertiary/aromatic N) is 4. The zero-order chi connectivity index (χ0) is 39.0.